The van der Waals surface area contributed by atoms with Gasteiger partial charge in [0.15, 0.2) is 0 Å². The standard InChI is InChI=1S/C24H36N3OPS/c1-6-26(7-2)29(27(8-3)9-4)24(20-17-22-13-11-10-12-14-22)25-30(28)23-18-15-21(5)16-19-23/h10-20,24-25H,6-9H2,1-5H3/b20-17+/t24-,30-/m0/s1. The SMILES string of the molecule is CCN(CC)P([C@@H](/C=C/c1ccccc1)N[S@@](=O)c1ccc(C)cc1)N(CC)CC. The zero-order valence-electron chi connectivity index (χ0n) is 18.9. The topological polar surface area (TPSA) is 35.6 Å². The van der Waals surface area contributed by atoms with E-state index in [1.807, 2.05) is 49.4 Å². The summed E-state index contributed by atoms with van der Waals surface area (Å²) in [6, 6.07) is 18.2. The van der Waals surface area contributed by atoms with Crippen LogP contribution in [0.2, 0.25) is 0 Å². The third-order valence-electron chi connectivity index (χ3n) is 5.02. The second-order valence-electron chi connectivity index (χ2n) is 7.01. The number of aryl methyl sites for hydroxylation is 1. The second kappa shape index (κ2) is 13.1. The van der Waals surface area contributed by atoms with Crippen molar-refractivity contribution in [2.75, 3.05) is 26.2 Å². The Morgan fingerprint density at radius 1 is 0.900 bits per heavy atom. The van der Waals surface area contributed by atoms with Gasteiger partial charge in [-0.3, -0.25) is 9.34 Å². The summed E-state index contributed by atoms with van der Waals surface area (Å²) in [6.07, 6.45) is 4.34. The van der Waals surface area contributed by atoms with E-state index >= 15 is 0 Å². The van der Waals surface area contributed by atoms with Gasteiger partial charge in [-0.2, -0.15) is 0 Å². The fourth-order valence-electron chi connectivity index (χ4n) is 3.33. The summed E-state index contributed by atoms with van der Waals surface area (Å²) in [4.78, 5) is 0.813. The molecule has 0 aliphatic rings. The number of hydrogen-bond donors (Lipinski definition) is 1. The Kier molecular flexibility index (Phi) is 10.9. The van der Waals surface area contributed by atoms with Crippen LogP contribution in [0.5, 0.6) is 0 Å². The van der Waals surface area contributed by atoms with E-state index in [0.29, 0.717) is 0 Å². The Balaban J connectivity index is 2.39. The summed E-state index contributed by atoms with van der Waals surface area (Å²) in [7, 11) is -1.98. The van der Waals surface area contributed by atoms with E-state index < -0.39 is 19.2 Å². The van der Waals surface area contributed by atoms with Crippen molar-refractivity contribution in [3.63, 3.8) is 0 Å². The molecular formula is C24H36N3OPS. The molecule has 0 spiro atoms. The summed E-state index contributed by atoms with van der Waals surface area (Å²) >= 11 is 0. The number of benzene rings is 2. The Bertz CT molecular complexity index is 778. The van der Waals surface area contributed by atoms with Crippen LogP contribution in [-0.2, 0) is 11.0 Å². The second-order valence-corrected chi connectivity index (χ2v) is 10.6. The summed E-state index contributed by atoms with van der Waals surface area (Å²) in [5.41, 5.74) is 2.32. The van der Waals surface area contributed by atoms with Crippen LogP contribution in [0.1, 0.15) is 38.8 Å². The first-order valence-electron chi connectivity index (χ1n) is 10.8. The first kappa shape index (κ1) is 24.9. The molecule has 2 aromatic rings. The molecule has 0 fully saturated rings. The van der Waals surface area contributed by atoms with E-state index in [2.05, 4.69) is 66.0 Å². The molecule has 0 aliphatic heterocycles. The van der Waals surface area contributed by atoms with Crippen molar-refractivity contribution >= 4 is 25.3 Å². The van der Waals surface area contributed by atoms with E-state index in [1.165, 1.54) is 5.56 Å². The maximum atomic E-state index is 13.2. The summed E-state index contributed by atoms with van der Waals surface area (Å²) in [6.45, 7) is 14.7. The van der Waals surface area contributed by atoms with Crippen LogP contribution in [0.25, 0.3) is 6.08 Å². The van der Waals surface area contributed by atoms with Crippen LogP contribution >= 0.6 is 8.22 Å². The maximum Gasteiger partial charge on any atom is 0.125 e. The number of nitrogens with zero attached hydrogens (tertiary/aromatic N) is 2. The van der Waals surface area contributed by atoms with Crippen molar-refractivity contribution in [1.82, 2.24) is 14.1 Å². The molecule has 30 heavy (non-hydrogen) atoms. The van der Waals surface area contributed by atoms with E-state index in [-0.39, 0.29) is 5.78 Å². The minimum Gasteiger partial charge on any atom is -0.269 e. The molecule has 0 saturated carbocycles. The molecule has 2 aromatic carbocycles. The van der Waals surface area contributed by atoms with E-state index in [0.717, 1.165) is 36.6 Å². The Morgan fingerprint density at radius 2 is 1.43 bits per heavy atom. The molecule has 0 aromatic heterocycles. The average Bonchev–Trinajstić information content (AvgIpc) is 2.78. The molecule has 4 nitrogen and oxygen atoms in total. The zero-order valence-corrected chi connectivity index (χ0v) is 20.6. The van der Waals surface area contributed by atoms with Gasteiger partial charge in [0.1, 0.15) is 11.0 Å². The van der Waals surface area contributed by atoms with Crippen molar-refractivity contribution in [3.8, 4) is 0 Å². The highest BCUT2D eigenvalue weighted by Crippen LogP contribution is 2.48. The Labute approximate surface area is 186 Å². The highest BCUT2D eigenvalue weighted by atomic mass is 32.2. The minimum absolute atomic E-state index is 0.0258. The van der Waals surface area contributed by atoms with Crippen molar-refractivity contribution in [2.45, 2.75) is 45.3 Å². The first-order chi connectivity index (χ1) is 14.5. The van der Waals surface area contributed by atoms with Crippen molar-refractivity contribution in [1.29, 1.82) is 0 Å². The molecule has 6 heteroatoms. The maximum absolute atomic E-state index is 13.2. The third kappa shape index (κ3) is 7.11. The quantitative estimate of drug-likeness (QED) is 0.429. The molecule has 0 bridgehead atoms. The van der Waals surface area contributed by atoms with Gasteiger partial charge in [0.05, 0.1) is 18.9 Å². The van der Waals surface area contributed by atoms with Gasteiger partial charge >= 0.3 is 0 Å². The van der Waals surface area contributed by atoms with Gasteiger partial charge in [0, 0.05) is 26.2 Å². The van der Waals surface area contributed by atoms with Gasteiger partial charge in [-0.05, 0) is 24.6 Å². The van der Waals surface area contributed by atoms with Gasteiger partial charge in [0.25, 0.3) is 0 Å². The molecule has 0 aliphatic carbocycles. The molecule has 0 amide bonds. The van der Waals surface area contributed by atoms with E-state index in [9.17, 15) is 4.21 Å². The largest absolute Gasteiger partial charge is 0.269 e. The fourth-order valence-corrected chi connectivity index (χ4v) is 7.27. The predicted molar refractivity (Wildman–Crippen MR) is 133 cm³/mol. The summed E-state index contributed by atoms with van der Waals surface area (Å²) < 4.78 is 21.7. The number of hydrogen-bond acceptors (Lipinski definition) is 3. The lowest BCUT2D eigenvalue weighted by atomic mass is 10.2. The first-order valence-corrected chi connectivity index (χ1v) is 13.3. The van der Waals surface area contributed by atoms with Gasteiger partial charge in [-0.15, -0.1) is 0 Å². The fraction of sp³-hybridized carbons (Fsp3) is 0.417. The lowest BCUT2D eigenvalue weighted by Gasteiger charge is -2.41. The van der Waals surface area contributed by atoms with Crippen molar-refractivity contribution in [2.24, 2.45) is 0 Å². The molecule has 0 unspecified atom stereocenters. The van der Waals surface area contributed by atoms with Crippen LogP contribution < -0.4 is 4.72 Å². The average molecular weight is 446 g/mol. The molecule has 1 N–H and O–H groups in total. The lowest BCUT2D eigenvalue weighted by Crippen LogP contribution is -2.40. The minimum atomic E-state index is -1.28. The van der Waals surface area contributed by atoms with E-state index in [1.54, 1.807) is 0 Å². The van der Waals surface area contributed by atoms with Crippen molar-refractivity contribution in [3.05, 3.63) is 71.8 Å². The highest BCUT2D eigenvalue weighted by Gasteiger charge is 2.30. The normalized spacial score (nSPS) is 14.1. The number of rotatable bonds is 12. The van der Waals surface area contributed by atoms with Crippen molar-refractivity contribution < 1.29 is 4.21 Å². The summed E-state index contributed by atoms with van der Waals surface area (Å²) in [5, 5.41) is 0. The van der Waals surface area contributed by atoms with Gasteiger partial charge < -0.3 is 0 Å². The van der Waals surface area contributed by atoms with Crippen LogP contribution in [0.4, 0.5) is 0 Å². The lowest BCUT2D eigenvalue weighted by molar-refractivity contribution is 0.416. The molecule has 2 atom stereocenters. The molecular weight excluding hydrogens is 409 g/mol. The van der Waals surface area contributed by atoms with Crippen LogP contribution in [-0.4, -0.2) is 45.5 Å². The van der Waals surface area contributed by atoms with E-state index in [4.69, 9.17) is 0 Å². The van der Waals surface area contributed by atoms with Gasteiger partial charge in [-0.1, -0.05) is 87.9 Å². The van der Waals surface area contributed by atoms with Gasteiger partial charge in [-0.25, -0.2) is 8.93 Å². The predicted octanol–water partition coefficient (Wildman–Crippen LogP) is 5.64. The van der Waals surface area contributed by atoms with Crippen LogP contribution in [0.15, 0.2) is 65.6 Å². The third-order valence-corrected chi connectivity index (χ3v) is 9.45. The molecule has 2 rings (SSSR count). The summed E-state index contributed by atoms with van der Waals surface area (Å²) in [5.74, 6) is -0.0258. The Hall–Kier alpha value is -1.36. The molecule has 164 valence electrons. The monoisotopic (exact) mass is 445 g/mol. The Morgan fingerprint density at radius 3 is 1.93 bits per heavy atom. The molecule has 0 heterocycles. The number of nitrogens with one attached hydrogen (secondary N) is 1. The highest BCUT2D eigenvalue weighted by molar-refractivity contribution is 7.83. The molecule has 0 saturated heterocycles. The van der Waals surface area contributed by atoms with Crippen LogP contribution in [0.3, 0.4) is 0 Å². The van der Waals surface area contributed by atoms with Gasteiger partial charge in [0.2, 0.25) is 0 Å². The zero-order chi connectivity index (χ0) is 21.9. The van der Waals surface area contributed by atoms with Crippen LogP contribution in [0, 0.1) is 6.92 Å². The molecule has 0 radical (unpaired) electrons. The smallest absolute Gasteiger partial charge is 0.125 e.